The lowest BCUT2D eigenvalue weighted by Gasteiger charge is -2.04. The molecule has 0 saturated heterocycles. The topological polar surface area (TPSA) is 57.4 Å². The molecule has 1 aromatic rings. The van der Waals surface area contributed by atoms with Crippen molar-refractivity contribution in [2.45, 2.75) is 13.0 Å². The molecule has 0 radical (unpaired) electrons. The summed E-state index contributed by atoms with van der Waals surface area (Å²) >= 11 is 0. The highest BCUT2D eigenvalue weighted by molar-refractivity contribution is 5.38. The average molecular weight is 166 g/mol. The monoisotopic (exact) mass is 166 g/mol. The van der Waals surface area contributed by atoms with Crippen LogP contribution in [0.25, 0.3) is 0 Å². The molecule has 2 N–H and O–H groups in total. The van der Waals surface area contributed by atoms with E-state index in [2.05, 4.69) is 4.98 Å². The van der Waals surface area contributed by atoms with Crippen LogP contribution in [0.5, 0.6) is 11.6 Å². The van der Waals surface area contributed by atoms with Crippen molar-refractivity contribution < 1.29 is 9.47 Å². The molecule has 0 fully saturated rings. The van der Waals surface area contributed by atoms with Crippen molar-refractivity contribution in [3.05, 3.63) is 17.8 Å². The second-order valence-electron chi connectivity index (χ2n) is 2.77. The number of aromatic nitrogens is 1. The number of nitrogens with two attached hydrogens (primary N) is 1. The molecule has 12 heavy (non-hydrogen) atoms. The van der Waals surface area contributed by atoms with Gasteiger partial charge in [-0.3, -0.25) is 0 Å². The Hall–Kier alpha value is -1.29. The Morgan fingerprint density at radius 2 is 2.42 bits per heavy atom. The summed E-state index contributed by atoms with van der Waals surface area (Å²) < 4.78 is 10.2. The van der Waals surface area contributed by atoms with Crippen molar-refractivity contribution in [1.82, 2.24) is 4.98 Å². The molecular weight excluding hydrogens is 156 g/mol. The van der Waals surface area contributed by atoms with Gasteiger partial charge in [-0.1, -0.05) is 0 Å². The maximum absolute atomic E-state index is 5.67. The van der Waals surface area contributed by atoms with Crippen molar-refractivity contribution in [1.29, 1.82) is 0 Å². The lowest BCUT2D eigenvalue weighted by Crippen LogP contribution is -2.04. The zero-order valence-corrected chi connectivity index (χ0v) is 6.78. The van der Waals surface area contributed by atoms with E-state index in [0.717, 1.165) is 5.56 Å². The highest BCUT2D eigenvalue weighted by Crippen LogP contribution is 2.30. The molecule has 0 bridgehead atoms. The van der Waals surface area contributed by atoms with Crippen LogP contribution in [0, 0.1) is 0 Å². The van der Waals surface area contributed by atoms with E-state index in [-0.39, 0.29) is 12.8 Å². The third kappa shape index (κ3) is 1.10. The maximum atomic E-state index is 5.67. The van der Waals surface area contributed by atoms with E-state index in [1.54, 1.807) is 6.20 Å². The Labute approximate surface area is 70.3 Å². The predicted octanol–water partition coefficient (Wildman–Crippen LogP) is 0.830. The molecule has 1 aromatic heterocycles. The minimum Gasteiger partial charge on any atom is -0.452 e. The molecule has 1 unspecified atom stereocenters. The molecule has 2 rings (SSSR count). The van der Waals surface area contributed by atoms with Gasteiger partial charge < -0.3 is 15.2 Å². The van der Waals surface area contributed by atoms with Gasteiger partial charge in [0.05, 0.1) is 0 Å². The SMILES string of the molecule is CC(N)c1cnc2c(c1)OCO2. The number of fused-ring (bicyclic) bond motifs is 1. The van der Waals surface area contributed by atoms with E-state index < -0.39 is 0 Å². The van der Waals surface area contributed by atoms with E-state index in [9.17, 15) is 0 Å². The molecule has 64 valence electrons. The van der Waals surface area contributed by atoms with E-state index in [1.165, 1.54) is 0 Å². The normalized spacial score (nSPS) is 16.2. The fraction of sp³-hybridized carbons (Fsp3) is 0.375. The van der Waals surface area contributed by atoms with Crippen molar-refractivity contribution in [3.8, 4) is 11.6 Å². The largest absolute Gasteiger partial charge is 0.452 e. The molecule has 0 aromatic carbocycles. The van der Waals surface area contributed by atoms with Crippen LogP contribution in [-0.4, -0.2) is 11.8 Å². The number of hydrogen-bond acceptors (Lipinski definition) is 4. The lowest BCUT2D eigenvalue weighted by molar-refractivity contribution is 0.171. The van der Waals surface area contributed by atoms with Gasteiger partial charge in [0.1, 0.15) is 0 Å². The summed E-state index contributed by atoms with van der Waals surface area (Å²) in [4.78, 5) is 4.05. The second kappa shape index (κ2) is 2.64. The summed E-state index contributed by atoms with van der Waals surface area (Å²) in [6.45, 7) is 2.16. The Bertz CT molecular complexity index is 299. The Kier molecular flexibility index (Phi) is 1.62. The third-order valence-electron chi connectivity index (χ3n) is 1.78. The van der Waals surface area contributed by atoms with E-state index >= 15 is 0 Å². The van der Waals surface area contributed by atoms with Crippen molar-refractivity contribution >= 4 is 0 Å². The molecule has 1 atom stereocenters. The maximum Gasteiger partial charge on any atom is 0.260 e. The number of rotatable bonds is 1. The molecule has 2 heterocycles. The molecule has 1 aliphatic heterocycles. The summed E-state index contributed by atoms with van der Waals surface area (Å²) in [5.41, 5.74) is 6.63. The second-order valence-corrected chi connectivity index (χ2v) is 2.77. The Morgan fingerprint density at radius 3 is 3.17 bits per heavy atom. The van der Waals surface area contributed by atoms with Gasteiger partial charge in [-0.25, -0.2) is 4.98 Å². The van der Waals surface area contributed by atoms with Gasteiger partial charge in [0.15, 0.2) is 5.75 Å². The summed E-state index contributed by atoms with van der Waals surface area (Å²) in [6.07, 6.45) is 1.71. The summed E-state index contributed by atoms with van der Waals surface area (Å²) in [5.74, 6) is 1.24. The minimum absolute atomic E-state index is 0.0213. The van der Waals surface area contributed by atoms with Crippen molar-refractivity contribution in [2.24, 2.45) is 5.73 Å². The summed E-state index contributed by atoms with van der Waals surface area (Å²) in [5, 5.41) is 0. The van der Waals surface area contributed by atoms with E-state index in [0.29, 0.717) is 11.6 Å². The predicted molar refractivity (Wildman–Crippen MR) is 43.0 cm³/mol. The van der Waals surface area contributed by atoms with Crippen LogP contribution < -0.4 is 15.2 Å². The van der Waals surface area contributed by atoms with Crippen LogP contribution in [0.4, 0.5) is 0 Å². The minimum atomic E-state index is -0.0213. The third-order valence-corrected chi connectivity index (χ3v) is 1.78. The van der Waals surface area contributed by atoms with Gasteiger partial charge in [-0.05, 0) is 18.6 Å². The number of hydrogen-bond donors (Lipinski definition) is 1. The molecule has 0 amide bonds. The fourth-order valence-electron chi connectivity index (χ4n) is 1.06. The van der Waals surface area contributed by atoms with Crippen LogP contribution in [-0.2, 0) is 0 Å². The first kappa shape index (κ1) is 7.36. The van der Waals surface area contributed by atoms with Crippen molar-refractivity contribution in [2.75, 3.05) is 6.79 Å². The van der Waals surface area contributed by atoms with Crippen LogP contribution in [0.3, 0.4) is 0 Å². The molecule has 1 aliphatic rings. The number of ether oxygens (including phenoxy) is 2. The zero-order chi connectivity index (χ0) is 8.55. The highest BCUT2D eigenvalue weighted by Gasteiger charge is 2.15. The van der Waals surface area contributed by atoms with Crippen LogP contribution >= 0.6 is 0 Å². The molecule has 4 nitrogen and oxygen atoms in total. The first-order valence-corrected chi connectivity index (χ1v) is 3.78. The zero-order valence-electron chi connectivity index (χ0n) is 6.78. The van der Waals surface area contributed by atoms with Crippen molar-refractivity contribution in [3.63, 3.8) is 0 Å². The lowest BCUT2D eigenvalue weighted by atomic mass is 10.1. The van der Waals surface area contributed by atoms with Crippen LogP contribution in [0.2, 0.25) is 0 Å². The first-order chi connectivity index (χ1) is 5.77. The summed E-state index contributed by atoms with van der Waals surface area (Å²) in [6, 6.07) is 1.84. The molecular formula is C8H10N2O2. The first-order valence-electron chi connectivity index (χ1n) is 3.78. The standard InChI is InChI=1S/C8H10N2O2/c1-5(9)6-2-7-8(10-3-6)12-4-11-7/h2-3,5H,4,9H2,1H3. The molecule has 0 saturated carbocycles. The highest BCUT2D eigenvalue weighted by atomic mass is 16.7. The van der Waals surface area contributed by atoms with E-state index in [1.807, 2.05) is 13.0 Å². The Balaban J connectivity index is 2.39. The molecule has 0 aliphatic carbocycles. The average Bonchev–Trinajstić information content (AvgIpc) is 2.49. The van der Waals surface area contributed by atoms with Gasteiger partial charge in [0.25, 0.3) is 5.88 Å². The van der Waals surface area contributed by atoms with Gasteiger partial charge in [0.2, 0.25) is 6.79 Å². The quantitative estimate of drug-likeness (QED) is 0.671. The number of nitrogens with zero attached hydrogens (tertiary/aromatic N) is 1. The Morgan fingerprint density at radius 1 is 1.58 bits per heavy atom. The van der Waals surface area contributed by atoms with Crippen LogP contribution in [0.15, 0.2) is 12.3 Å². The smallest absolute Gasteiger partial charge is 0.260 e. The van der Waals surface area contributed by atoms with Gasteiger partial charge in [0, 0.05) is 12.2 Å². The summed E-state index contributed by atoms with van der Waals surface area (Å²) in [7, 11) is 0. The fourth-order valence-corrected chi connectivity index (χ4v) is 1.06. The van der Waals surface area contributed by atoms with Gasteiger partial charge in [-0.2, -0.15) is 0 Å². The van der Waals surface area contributed by atoms with Crippen LogP contribution in [0.1, 0.15) is 18.5 Å². The van der Waals surface area contributed by atoms with Gasteiger partial charge in [-0.15, -0.1) is 0 Å². The molecule has 0 spiro atoms. The molecule has 4 heteroatoms. The number of pyridine rings is 1. The van der Waals surface area contributed by atoms with E-state index in [4.69, 9.17) is 15.2 Å². The van der Waals surface area contributed by atoms with Gasteiger partial charge >= 0.3 is 0 Å².